The van der Waals surface area contributed by atoms with Gasteiger partial charge in [-0.15, -0.1) is 0 Å². The molecule has 0 aliphatic rings. The summed E-state index contributed by atoms with van der Waals surface area (Å²) < 4.78 is 38.2. The average molecular weight is 274 g/mol. The van der Waals surface area contributed by atoms with Crippen LogP contribution in [-0.4, -0.2) is 10.3 Å². The maximum Gasteiger partial charge on any atom is 0.416 e. The van der Waals surface area contributed by atoms with Crippen LogP contribution in [0, 0.1) is 0 Å². The number of halogens is 3. The summed E-state index contributed by atoms with van der Waals surface area (Å²) in [5.41, 5.74) is -0.696. The molecule has 1 rings (SSSR count). The van der Waals surface area contributed by atoms with Gasteiger partial charge < -0.3 is 0 Å². The van der Waals surface area contributed by atoms with Crippen LogP contribution in [0.5, 0.6) is 0 Å². The molecule has 1 aromatic rings. The van der Waals surface area contributed by atoms with Gasteiger partial charge in [0.05, 0.1) is 28.1 Å². The van der Waals surface area contributed by atoms with E-state index in [2.05, 4.69) is 34.4 Å². The molecule has 0 fully saturated rings. The Kier molecular flexibility index (Phi) is 4.66. The van der Waals surface area contributed by atoms with Crippen molar-refractivity contribution in [2.24, 2.45) is 9.98 Å². The van der Waals surface area contributed by atoms with Crippen LogP contribution in [0.25, 0.3) is 0 Å². The summed E-state index contributed by atoms with van der Waals surface area (Å²) in [4.78, 5) is 6.99. The van der Waals surface area contributed by atoms with Gasteiger partial charge in [0.25, 0.3) is 0 Å². The zero-order valence-electron chi connectivity index (χ0n) is 8.28. The smallest absolute Gasteiger partial charge is 0.228 e. The fourth-order valence-electron chi connectivity index (χ4n) is 1.21. The summed E-state index contributed by atoms with van der Waals surface area (Å²) in [5, 5.41) is 4.04. The highest BCUT2D eigenvalue weighted by molar-refractivity contribution is 7.78. The summed E-state index contributed by atoms with van der Waals surface area (Å²) >= 11 is 8.65. The zero-order chi connectivity index (χ0) is 12.9. The number of rotatable bonds is 3. The molecule has 0 aliphatic carbocycles. The third kappa shape index (κ3) is 3.84. The zero-order valence-corrected chi connectivity index (χ0v) is 9.92. The Labute approximate surface area is 106 Å². The molecule has 0 unspecified atom stereocenters. The van der Waals surface area contributed by atoms with Crippen molar-refractivity contribution < 1.29 is 13.2 Å². The van der Waals surface area contributed by atoms with Gasteiger partial charge in [-0.25, -0.2) is 4.99 Å². The van der Waals surface area contributed by atoms with Crippen molar-refractivity contribution in [3.05, 3.63) is 29.3 Å². The number of alkyl halides is 3. The van der Waals surface area contributed by atoms with E-state index in [1.54, 1.807) is 0 Å². The van der Waals surface area contributed by atoms with E-state index in [4.69, 9.17) is 0 Å². The van der Waals surface area contributed by atoms with Crippen molar-refractivity contribution in [2.75, 3.05) is 0 Å². The van der Waals surface area contributed by atoms with E-state index in [1.165, 1.54) is 12.1 Å². The first-order chi connectivity index (χ1) is 7.99. The van der Waals surface area contributed by atoms with Gasteiger partial charge in [0, 0.05) is 0 Å². The molecule has 0 atom stereocenters. The number of aliphatic imine (C=N–C) groups is 2. The number of thiocarbonyl (C=S) groups is 2. The first kappa shape index (κ1) is 13.7. The Morgan fingerprint density at radius 3 is 2.41 bits per heavy atom. The van der Waals surface area contributed by atoms with Gasteiger partial charge in [0.2, 0.25) is 0 Å². The molecule has 7 heteroatoms. The highest BCUT2D eigenvalue weighted by Gasteiger charge is 2.33. The fourth-order valence-corrected chi connectivity index (χ4v) is 1.38. The number of isothiocyanates is 2. The van der Waals surface area contributed by atoms with Crippen molar-refractivity contribution in [2.45, 2.75) is 12.7 Å². The topological polar surface area (TPSA) is 24.7 Å². The highest BCUT2D eigenvalue weighted by atomic mass is 32.1. The molecule has 17 heavy (non-hydrogen) atoms. The normalized spacial score (nSPS) is 10.3. The Hall–Kier alpha value is -1.39. The summed E-state index contributed by atoms with van der Waals surface area (Å²) in [7, 11) is 0. The van der Waals surface area contributed by atoms with E-state index < -0.39 is 11.7 Å². The molecule has 0 aliphatic heterocycles. The van der Waals surface area contributed by atoms with Crippen LogP contribution < -0.4 is 0 Å². The Morgan fingerprint density at radius 1 is 1.18 bits per heavy atom. The summed E-state index contributed by atoms with van der Waals surface area (Å²) in [6.07, 6.45) is -4.47. The first-order valence-corrected chi connectivity index (χ1v) is 5.12. The van der Waals surface area contributed by atoms with Crippen LogP contribution in [0.3, 0.4) is 0 Å². The molecular weight excluding hydrogens is 269 g/mol. The van der Waals surface area contributed by atoms with Crippen LogP contribution in [0.15, 0.2) is 28.2 Å². The Bertz CT molecular complexity index is 513. The molecule has 0 N–H and O–H groups in total. The van der Waals surface area contributed by atoms with Crippen molar-refractivity contribution >= 4 is 40.4 Å². The minimum atomic E-state index is -4.47. The standard InChI is InChI=1S/C10H5F3N2S2/c11-10(12,13)9-3-8(15-6-17)2-1-7(9)4-14-5-16/h1-3H,4H2. The van der Waals surface area contributed by atoms with E-state index >= 15 is 0 Å². The molecule has 0 spiro atoms. The average Bonchev–Trinajstić information content (AvgIpc) is 2.26. The second-order valence-corrected chi connectivity index (χ2v) is 3.31. The summed E-state index contributed by atoms with van der Waals surface area (Å²) in [5.74, 6) is 0. The number of hydrogen-bond donors (Lipinski definition) is 0. The monoisotopic (exact) mass is 274 g/mol. The predicted octanol–water partition coefficient (Wildman–Crippen LogP) is 4.04. The molecule has 0 saturated carbocycles. The lowest BCUT2D eigenvalue weighted by Gasteiger charge is -2.11. The largest absolute Gasteiger partial charge is 0.416 e. The molecule has 88 valence electrons. The van der Waals surface area contributed by atoms with E-state index in [-0.39, 0.29) is 17.8 Å². The molecule has 0 aromatic heterocycles. The van der Waals surface area contributed by atoms with Gasteiger partial charge in [-0.3, -0.25) is 0 Å². The van der Waals surface area contributed by atoms with Gasteiger partial charge in [0.1, 0.15) is 0 Å². The lowest BCUT2D eigenvalue weighted by Crippen LogP contribution is -2.08. The van der Waals surface area contributed by atoms with Crippen LogP contribution >= 0.6 is 24.4 Å². The van der Waals surface area contributed by atoms with Crippen molar-refractivity contribution in [1.29, 1.82) is 0 Å². The third-order valence-electron chi connectivity index (χ3n) is 1.89. The second-order valence-electron chi connectivity index (χ2n) is 2.95. The molecule has 1 aromatic carbocycles. The van der Waals surface area contributed by atoms with Crippen molar-refractivity contribution in [3.8, 4) is 0 Å². The van der Waals surface area contributed by atoms with E-state index in [0.29, 0.717) is 0 Å². The maximum atomic E-state index is 12.7. The van der Waals surface area contributed by atoms with E-state index in [9.17, 15) is 13.2 Å². The van der Waals surface area contributed by atoms with E-state index in [1.807, 2.05) is 10.3 Å². The molecule has 0 radical (unpaired) electrons. The minimum Gasteiger partial charge on any atom is -0.228 e. The fraction of sp³-hybridized carbons (Fsp3) is 0.200. The predicted molar refractivity (Wildman–Crippen MR) is 64.9 cm³/mol. The SMILES string of the molecule is FC(F)(F)c1cc(N=C=S)ccc1CN=C=S. The first-order valence-electron chi connectivity index (χ1n) is 4.30. The quantitative estimate of drug-likeness (QED) is 0.613. The number of hydrogen-bond acceptors (Lipinski definition) is 4. The number of nitrogens with zero attached hydrogens (tertiary/aromatic N) is 2. The maximum absolute atomic E-state index is 12.7. The molecule has 0 heterocycles. The molecular formula is C10H5F3N2S2. The lowest BCUT2D eigenvalue weighted by atomic mass is 10.1. The minimum absolute atomic E-state index is 0.0122. The molecule has 0 amide bonds. The van der Waals surface area contributed by atoms with Crippen LogP contribution in [0.2, 0.25) is 0 Å². The van der Waals surface area contributed by atoms with Gasteiger partial charge in [0.15, 0.2) is 0 Å². The van der Waals surface area contributed by atoms with Crippen LogP contribution in [-0.2, 0) is 12.7 Å². The summed E-state index contributed by atoms with van der Waals surface area (Å²) in [6.45, 7) is -0.167. The van der Waals surface area contributed by atoms with Gasteiger partial charge >= 0.3 is 6.18 Å². The molecule has 0 saturated heterocycles. The van der Waals surface area contributed by atoms with Crippen molar-refractivity contribution in [1.82, 2.24) is 0 Å². The van der Waals surface area contributed by atoms with Crippen molar-refractivity contribution in [3.63, 3.8) is 0 Å². The Morgan fingerprint density at radius 2 is 1.88 bits per heavy atom. The number of benzene rings is 1. The summed E-state index contributed by atoms with van der Waals surface area (Å²) in [6, 6.07) is 3.58. The Balaban J connectivity index is 3.30. The molecule has 2 nitrogen and oxygen atoms in total. The lowest BCUT2D eigenvalue weighted by molar-refractivity contribution is -0.138. The second kappa shape index (κ2) is 5.80. The van der Waals surface area contributed by atoms with Crippen LogP contribution in [0.4, 0.5) is 18.9 Å². The van der Waals surface area contributed by atoms with Gasteiger partial charge in [-0.05, 0) is 42.1 Å². The van der Waals surface area contributed by atoms with E-state index in [0.717, 1.165) is 6.07 Å². The van der Waals surface area contributed by atoms with Gasteiger partial charge in [-0.2, -0.15) is 18.2 Å². The van der Waals surface area contributed by atoms with Crippen LogP contribution in [0.1, 0.15) is 11.1 Å². The van der Waals surface area contributed by atoms with Gasteiger partial charge in [-0.1, -0.05) is 6.07 Å². The highest BCUT2D eigenvalue weighted by Crippen LogP contribution is 2.34. The third-order valence-corrected chi connectivity index (χ3v) is 2.11. The molecule has 0 bridgehead atoms.